The Morgan fingerprint density at radius 2 is 1.83 bits per heavy atom. The summed E-state index contributed by atoms with van der Waals surface area (Å²) >= 11 is 3.42. The minimum absolute atomic E-state index is 0.0395. The van der Waals surface area contributed by atoms with E-state index in [1.54, 1.807) is 16.8 Å². The molecule has 0 spiro atoms. The maximum absolute atomic E-state index is 12.6. The molecule has 30 heavy (non-hydrogen) atoms. The minimum Gasteiger partial charge on any atom is -0.318 e. The number of tetrazole rings is 1. The van der Waals surface area contributed by atoms with Gasteiger partial charge in [-0.1, -0.05) is 33.2 Å². The van der Waals surface area contributed by atoms with Crippen molar-refractivity contribution >= 4 is 33.3 Å². The van der Waals surface area contributed by atoms with Gasteiger partial charge in [-0.25, -0.2) is 5.10 Å². The van der Waals surface area contributed by atoms with Crippen molar-refractivity contribution in [2.24, 2.45) is 0 Å². The quantitative estimate of drug-likeness (QED) is 0.305. The van der Waals surface area contributed by atoms with Crippen LogP contribution in [0.3, 0.4) is 0 Å². The summed E-state index contributed by atoms with van der Waals surface area (Å²) in [6.45, 7) is 0. The molecule has 4 aromatic rings. The number of halogens is 1. The fourth-order valence-electron chi connectivity index (χ4n) is 3.45. The number of nitrogens with one attached hydrogen (secondary N) is 2. The average molecular weight is 467 g/mol. The third-order valence-corrected chi connectivity index (χ3v) is 5.33. The first-order chi connectivity index (χ1) is 14.5. The normalized spacial score (nSPS) is 14.5. The Kier molecular flexibility index (Phi) is 4.13. The highest BCUT2D eigenvalue weighted by atomic mass is 79.9. The summed E-state index contributed by atoms with van der Waals surface area (Å²) in [5.74, 6) is 0.321. The number of non-ortho nitro benzene ring substituents is 1. The number of anilines is 2. The van der Waals surface area contributed by atoms with E-state index in [1.165, 1.54) is 12.1 Å². The zero-order valence-corrected chi connectivity index (χ0v) is 16.6. The molecule has 0 saturated carbocycles. The maximum atomic E-state index is 12.6. The summed E-state index contributed by atoms with van der Waals surface area (Å²) in [5, 5.41) is 32.5. The number of H-pyrrole nitrogens is 1. The van der Waals surface area contributed by atoms with Crippen LogP contribution >= 0.6 is 15.9 Å². The summed E-state index contributed by atoms with van der Waals surface area (Å²) in [6.07, 6.45) is 0. The van der Waals surface area contributed by atoms with E-state index in [1.807, 2.05) is 24.3 Å². The topological polar surface area (TPSA) is 145 Å². The predicted octanol–water partition coefficient (Wildman–Crippen LogP) is 2.79. The zero-order valence-electron chi connectivity index (χ0n) is 15.0. The summed E-state index contributed by atoms with van der Waals surface area (Å²) in [7, 11) is 0. The first kappa shape index (κ1) is 18.1. The first-order valence-corrected chi connectivity index (χ1v) is 9.50. The molecule has 0 aliphatic carbocycles. The number of aromatic nitrogens is 6. The van der Waals surface area contributed by atoms with Crippen molar-refractivity contribution in [3.63, 3.8) is 0 Å². The van der Waals surface area contributed by atoms with E-state index in [9.17, 15) is 14.9 Å². The molecule has 0 radical (unpaired) electrons. The molecular weight excluding hydrogens is 456 g/mol. The summed E-state index contributed by atoms with van der Waals surface area (Å²) in [5.41, 5.74) is 2.28. The molecule has 12 heteroatoms. The van der Waals surface area contributed by atoms with Gasteiger partial charge >= 0.3 is 0 Å². The van der Waals surface area contributed by atoms with Gasteiger partial charge in [0.2, 0.25) is 5.95 Å². The maximum Gasteiger partial charge on any atom is 0.288 e. The summed E-state index contributed by atoms with van der Waals surface area (Å²) < 4.78 is 2.47. The molecule has 2 aromatic carbocycles. The van der Waals surface area contributed by atoms with Crippen molar-refractivity contribution in [1.29, 1.82) is 0 Å². The number of rotatable bonds is 3. The molecule has 5 rings (SSSR count). The highest BCUT2D eigenvalue weighted by molar-refractivity contribution is 9.10. The second kappa shape index (κ2) is 6.84. The summed E-state index contributed by atoms with van der Waals surface area (Å²) in [6, 6.07) is 13.0. The smallest absolute Gasteiger partial charge is 0.288 e. The molecule has 148 valence electrons. The monoisotopic (exact) mass is 466 g/mol. The van der Waals surface area contributed by atoms with Crippen LogP contribution in [0.15, 0.2) is 57.8 Å². The number of hydrogen-bond donors (Lipinski definition) is 2. The largest absolute Gasteiger partial charge is 0.318 e. The lowest BCUT2D eigenvalue weighted by Crippen LogP contribution is -2.29. The van der Waals surface area contributed by atoms with Gasteiger partial charge in [-0.3, -0.25) is 14.9 Å². The van der Waals surface area contributed by atoms with Gasteiger partial charge in [0.25, 0.3) is 11.2 Å². The molecule has 0 bridgehead atoms. The number of nitro groups is 1. The van der Waals surface area contributed by atoms with Crippen LogP contribution in [0.5, 0.6) is 0 Å². The van der Waals surface area contributed by atoms with E-state index < -0.39 is 16.5 Å². The first-order valence-electron chi connectivity index (χ1n) is 8.70. The second-order valence-corrected chi connectivity index (χ2v) is 7.44. The van der Waals surface area contributed by atoms with Crippen molar-refractivity contribution in [2.75, 3.05) is 5.32 Å². The SMILES string of the molecule is O=c1[nH]nc(-c2ccc([N+](=O)[O-])cc2)c2c1Nc1nnnn1C2c1ccc(Br)cc1. The lowest BCUT2D eigenvalue weighted by atomic mass is 9.92. The Morgan fingerprint density at radius 3 is 2.53 bits per heavy atom. The molecule has 0 amide bonds. The van der Waals surface area contributed by atoms with Gasteiger partial charge in [-0.15, -0.1) is 0 Å². The van der Waals surface area contributed by atoms with Crippen LogP contribution in [0.4, 0.5) is 17.3 Å². The average Bonchev–Trinajstić information content (AvgIpc) is 3.22. The van der Waals surface area contributed by atoms with Crippen molar-refractivity contribution in [2.45, 2.75) is 6.04 Å². The molecule has 2 aromatic heterocycles. The lowest BCUT2D eigenvalue weighted by molar-refractivity contribution is -0.384. The Morgan fingerprint density at radius 1 is 1.10 bits per heavy atom. The highest BCUT2D eigenvalue weighted by Crippen LogP contribution is 2.41. The number of fused-ring (bicyclic) bond motifs is 2. The Bertz CT molecular complexity index is 1330. The van der Waals surface area contributed by atoms with Crippen LogP contribution in [0.2, 0.25) is 0 Å². The van der Waals surface area contributed by atoms with Crippen LogP contribution in [-0.4, -0.2) is 35.3 Å². The number of nitrogens with zero attached hydrogens (tertiary/aromatic N) is 6. The summed E-state index contributed by atoms with van der Waals surface area (Å²) in [4.78, 5) is 23.1. The number of hydrogen-bond acceptors (Lipinski definition) is 8. The van der Waals surface area contributed by atoms with Crippen LogP contribution in [-0.2, 0) is 0 Å². The van der Waals surface area contributed by atoms with Crippen LogP contribution in [0.25, 0.3) is 11.3 Å². The fourth-order valence-corrected chi connectivity index (χ4v) is 3.72. The molecule has 3 heterocycles. The lowest BCUT2D eigenvalue weighted by Gasteiger charge is -2.27. The Balaban J connectivity index is 1.76. The van der Waals surface area contributed by atoms with E-state index in [0.29, 0.717) is 22.8 Å². The molecule has 1 aliphatic rings. The number of aromatic amines is 1. The molecule has 1 unspecified atom stereocenters. The molecule has 11 nitrogen and oxygen atoms in total. The van der Waals surface area contributed by atoms with Gasteiger partial charge in [0, 0.05) is 27.7 Å². The van der Waals surface area contributed by atoms with Crippen LogP contribution in [0.1, 0.15) is 17.2 Å². The van der Waals surface area contributed by atoms with Crippen LogP contribution in [0, 0.1) is 10.1 Å². The molecular formula is C18H11BrN8O3. The van der Waals surface area contributed by atoms with E-state index >= 15 is 0 Å². The third kappa shape index (κ3) is 2.85. The molecule has 1 aliphatic heterocycles. The minimum atomic E-state index is -0.528. The number of benzene rings is 2. The van der Waals surface area contributed by atoms with Crippen molar-refractivity contribution < 1.29 is 4.92 Å². The van der Waals surface area contributed by atoms with E-state index in [4.69, 9.17) is 0 Å². The number of nitro benzene ring substituents is 1. The molecule has 2 N–H and O–H groups in total. The van der Waals surface area contributed by atoms with Gasteiger partial charge in [-0.05, 0) is 40.3 Å². The van der Waals surface area contributed by atoms with E-state index in [-0.39, 0.29) is 11.4 Å². The van der Waals surface area contributed by atoms with Gasteiger partial charge in [-0.2, -0.15) is 9.78 Å². The van der Waals surface area contributed by atoms with Gasteiger partial charge in [0.15, 0.2) is 0 Å². The Hall–Kier alpha value is -3.93. The van der Waals surface area contributed by atoms with Gasteiger partial charge in [0.1, 0.15) is 11.7 Å². The van der Waals surface area contributed by atoms with Crippen molar-refractivity contribution in [1.82, 2.24) is 30.4 Å². The molecule has 1 atom stereocenters. The molecule has 0 fully saturated rings. The standard InChI is InChI=1S/C18H11BrN8O3/c19-11-5-1-10(2-6-11)16-13-14(9-3-7-12(8-4-9)27(29)30)21-22-17(28)15(13)20-18-23-24-25-26(16)18/h1-8,16H,(H,22,28)(H,20,23,25). The van der Waals surface area contributed by atoms with E-state index in [2.05, 4.69) is 47.0 Å². The molecule has 0 saturated heterocycles. The fraction of sp³-hybridized carbons (Fsp3) is 0.0556. The van der Waals surface area contributed by atoms with Crippen molar-refractivity contribution in [3.8, 4) is 11.3 Å². The van der Waals surface area contributed by atoms with E-state index in [0.717, 1.165) is 10.0 Å². The third-order valence-electron chi connectivity index (χ3n) is 4.81. The van der Waals surface area contributed by atoms with Gasteiger partial charge in [0.05, 0.1) is 10.6 Å². The van der Waals surface area contributed by atoms with Crippen LogP contribution < -0.4 is 10.9 Å². The van der Waals surface area contributed by atoms with Gasteiger partial charge < -0.3 is 5.32 Å². The second-order valence-electron chi connectivity index (χ2n) is 6.52. The van der Waals surface area contributed by atoms with Crippen molar-refractivity contribution in [3.05, 3.63) is 84.6 Å². The Labute approximate surface area is 176 Å². The highest BCUT2D eigenvalue weighted by Gasteiger charge is 2.34. The zero-order chi connectivity index (χ0) is 20.8. The predicted molar refractivity (Wildman–Crippen MR) is 109 cm³/mol.